The molecule has 0 spiro atoms. The number of nitrogens with zero attached hydrogens (tertiary/aromatic N) is 1. The van der Waals surface area contributed by atoms with Gasteiger partial charge in [-0.15, -0.1) is 0 Å². The topological polar surface area (TPSA) is 46.6 Å². The monoisotopic (exact) mass is 247 g/mol. The molecule has 96 valence electrons. The van der Waals surface area contributed by atoms with Crippen LogP contribution in [0.5, 0.6) is 0 Å². The van der Waals surface area contributed by atoms with Crippen molar-refractivity contribution in [3.8, 4) is 0 Å². The summed E-state index contributed by atoms with van der Waals surface area (Å²) in [5, 5.41) is 0. The molecule has 0 aliphatic carbocycles. The molecule has 2 rings (SSSR count). The minimum absolute atomic E-state index is 0.00546. The van der Waals surface area contributed by atoms with Gasteiger partial charge < -0.3 is 9.64 Å². The number of esters is 1. The van der Waals surface area contributed by atoms with Crippen molar-refractivity contribution < 1.29 is 14.3 Å². The molecule has 0 saturated carbocycles. The van der Waals surface area contributed by atoms with E-state index in [0.29, 0.717) is 19.4 Å². The molecule has 1 aromatic rings. The van der Waals surface area contributed by atoms with E-state index in [-0.39, 0.29) is 11.9 Å². The van der Waals surface area contributed by atoms with Gasteiger partial charge in [-0.3, -0.25) is 4.79 Å². The standard InChI is InChI=1S/C14H17NO3/c1-18-14(17)12-8-5-9-15(12)13(16)10-11-6-3-2-4-7-11/h2-4,6-7,12H,5,8-10H2,1H3/t12-/m0/s1. The third-order valence-corrected chi connectivity index (χ3v) is 3.24. The van der Waals surface area contributed by atoms with Crippen molar-refractivity contribution >= 4 is 11.9 Å². The van der Waals surface area contributed by atoms with Crippen molar-refractivity contribution in [2.24, 2.45) is 0 Å². The molecule has 1 saturated heterocycles. The Morgan fingerprint density at radius 3 is 2.72 bits per heavy atom. The van der Waals surface area contributed by atoms with Gasteiger partial charge in [0, 0.05) is 6.54 Å². The van der Waals surface area contributed by atoms with E-state index in [1.165, 1.54) is 7.11 Å². The molecule has 0 unspecified atom stereocenters. The summed E-state index contributed by atoms with van der Waals surface area (Å²) in [6, 6.07) is 9.17. The molecule has 1 aliphatic rings. The summed E-state index contributed by atoms with van der Waals surface area (Å²) in [6.07, 6.45) is 1.90. The predicted octanol–water partition coefficient (Wildman–Crippen LogP) is 1.39. The smallest absolute Gasteiger partial charge is 0.328 e. The molecule has 1 amide bonds. The maximum absolute atomic E-state index is 12.2. The maximum Gasteiger partial charge on any atom is 0.328 e. The highest BCUT2D eigenvalue weighted by Gasteiger charge is 2.34. The van der Waals surface area contributed by atoms with Crippen LogP contribution in [0.3, 0.4) is 0 Å². The molecule has 0 radical (unpaired) electrons. The molecule has 1 atom stereocenters. The number of hydrogen-bond donors (Lipinski definition) is 0. The third-order valence-electron chi connectivity index (χ3n) is 3.24. The second-order valence-electron chi connectivity index (χ2n) is 4.43. The highest BCUT2D eigenvalue weighted by Crippen LogP contribution is 2.19. The minimum atomic E-state index is -0.397. The first kappa shape index (κ1) is 12.6. The van der Waals surface area contributed by atoms with Gasteiger partial charge in [-0.2, -0.15) is 0 Å². The fraction of sp³-hybridized carbons (Fsp3) is 0.429. The first-order valence-corrected chi connectivity index (χ1v) is 6.13. The lowest BCUT2D eigenvalue weighted by molar-refractivity contribution is -0.150. The normalized spacial score (nSPS) is 18.7. The van der Waals surface area contributed by atoms with Gasteiger partial charge in [-0.05, 0) is 18.4 Å². The van der Waals surface area contributed by atoms with E-state index in [0.717, 1.165) is 12.0 Å². The van der Waals surface area contributed by atoms with Gasteiger partial charge in [0.05, 0.1) is 13.5 Å². The first-order chi connectivity index (χ1) is 8.72. The van der Waals surface area contributed by atoms with E-state index in [1.54, 1.807) is 4.90 Å². The number of carbonyl (C=O) groups excluding carboxylic acids is 2. The van der Waals surface area contributed by atoms with E-state index in [4.69, 9.17) is 4.74 Å². The molecular weight excluding hydrogens is 230 g/mol. The number of likely N-dealkylation sites (tertiary alicyclic amines) is 1. The van der Waals surface area contributed by atoms with Crippen LogP contribution in [-0.2, 0) is 20.7 Å². The Hall–Kier alpha value is -1.84. The van der Waals surface area contributed by atoms with Crippen molar-refractivity contribution in [3.63, 3.8) is 0 Å². The highest BCUT2D eigenvalue weighted by molar-refractivity contribution is 5.86. The Balaban J connectivity index is 2.02. The molecule has 0 aromatic heterocycles. The van der Waals surface area contributed by atoms with E-state index in [1.807, 2.05) is 30.3 Å². The number of ether oxygens (including phenoxy) is 1. The van der Waals surface area contributed by atoms with Crippen LogP contribution in [0.25, 0.3) is 0 Å². The average molecular weight is 247 g/mol. The van der Waals surface area contributed by atoms with Crippen LogP contribution in [0, 0.1) is 0 Å². The SMILES string of the molecule is COC(=O)[C@@H]1CCCN1C(=O)Cc1ccccc1. The summed E-state index contributed by atoms with van der Waals surface area (Å²) < 4.78 is 4.73. The lowest BCUT2D eigenvalue weighted by atomic mass is 10.1. The number of carbonyl (C=O) groups is 2. The summed E-state index contributed by atoms with van der Waals surface area (Å²) in [5.41, 5.74) is 0.970. The van der Waals surface area contributed by atoms with Gasteiger partial charge in [0.15, 0.2) is 0 Å². The largest absolute Gasteiger partial charge is 0.467 e. The summed E-state index contributed by atoms with van der Waals surface area (Å²) >= 11 is 0. The molecule has 4 nitrogen and oxygen atoms in total. The lowest BCUT2D eigenvalue weighted by Gasteiger charge is -2.22. The van der Waals surface area contributed by atoms with E-state index < -0.39 is 6.04 Å². The van der Waals surface area contributed by atoms with Crippen molar-refractivity contribution in [2.45, 2.75) is 25.3 Å². The van der Waals surface area contributed by atoms with E-state index in [2.05, 4.69) is 0 Å². The number of hydrogen-bond acceptors (Lipinski definition) is 3. The molecule has 4 heteroatoms. The molecule has 18 heavy (non-hydrogen) atoms. The number of benzene rings is 1. The second kappa shape index (κ2) is 5.67. The fourth-order valence-electron chi connectivity index (χ4n) is 2.32. The Bertz CT molecular complexity index is 430. The third kappa shape index (κ3) is 2.70. The minimum Gasteiger partial charge on any atom is -0.467 e. The van der Waals surface area contributed by atoms with Crippen LogP contribution in [-0.4, -0.2) is 36.5 Å². The quantitative estimate of drug-likeness (QED) is 0.758. The average Bonchev–Trinajstić information content (AvgIpc) is 2.88. The van der Waals surface area contributed by atoms with Crippen molar-refractivity contribution in [1.29, 1.82) is 0 Å². The molecule has 1 heterocycles. The molecule has 0 N–H and O–H groups in total. The second-order valence-corrected chi connectivity index (χ2v) is 4.43. The van der Waals surface area contributed by atoms with E-state index >= 15 is 0 Å². The fourth-order valence-corrected chi connectivity index (χ4v) is 2.32. The summed E-state index contributed by atoms with van der Waals surface area (Å²) in [6.45, 7) is 0.644. The van der Waals surface area contributed by atoms with Crippen LogP contribution in [0.1, 0.15) is 18.4 Å². The molecule has 1 aromatic carbocycles. The van der Waals surface area contributed by atoms with Crippen LogP contribution in [0.4, 0.5) is 0 Å². The number of rotatable bonds is 3. The highest BCUT2D eigenvalue weighted by atomic mass is 16.5. The summed E-state index contributed by atoms with van der Waals surface area (Å²) in [5.74, 6) is -0.317. The van der Waals surface area contributed by atoms with Gasteiger partial charge in [0.25, 0.3) is 0 Å². The van der Waals surface area contributed by atoms with Gasteiger partial charge in [0.2, 0.25) is 5.91 Å². The van der Waals surface area contributed by atoms with Gasteiger partial charge in [0.1, 0.15) is 6.04 Å². The summed E-state index contributed by atoms with van der Waals surface area (Å²) in [7, 11) is 1.36. The zero-order chi connectivity index (χ0) is 13.0. The molecule has 1 fully saturated rings. The maximum atomic E-state index is 12.2. The Morgan fingerprint density at radius 2 is 2.06 bits per heavy atom. The van der Waals surface area contributed by atoms with Crippen LogP contribution in [0.2, 0.25) is 0 Å². The molecular formula is C14H17NO3. The van der Waals surface area contributed by atoms with Crippen LogP contribution < -0.4 is 0 Å². The Morgan fingerprint density at radius 1 is 1.33 bits per heavy atom. The van der Waals surface area contributed by atoms with Gasteiger partial charge >= 0.3 is 5.97 Å². The molecule has 1 aliphatic heterocycles. The van der Waals surface area contributed by atoms with Crippen molar-refractivity contribution in [1.82, 2.24) is 4.90 Å². The van der Waals surface area contributed by atoms with Gasteiger partial charge in [-0.25, -0.2) is 4.79 Å². The van der Waals surface area contributed by atoms with Crippen molar-refractivity contribution in [3.05, 3.63) is 35.9 Å². The zero-order valence-electron chi connectivity index (χ0n) is 10.5. The van der Waals surface area contributed by atoms with Crippen LogP contribution in [0.15, 0.2) is 30.3 Å². The van der Waals surface area contributed by atoms with Gasteiger partial charge in [-0.1, -0.05) is 30.3 Å². The Kier molecular flexibility index (Phi) is 3.97. The molecule has 0 bridgehead atoms. The van der Waals surface area contributed by atoms with Crippen LogP contribution >= 0.6 is 0 Å². The lowest BCUT2D eigenvalue weighted by Crippen LogP contribution is -2.41. The number of methoxy groups -OCH3 is 1. The first-order valence-electron chi connectivity index (χ1n) is 6.13. The Labute approximate surface area is 107 Å². The van der Waals surface area contributed by atoms with E-state index in [9.17, 15) is 9.59 Å². The number of amides is 1. The zero-order valence-corrected chi connectivity index (χ0v) is 10.5. The predicted molar refractivity (Wildman–Crippen MR) is 66.9 cm³/mol. The van der Waals surface area contributed by atoms with Crippen molar-refractivity contribution in [2.75, 3.05) is 13.7 Å². The summed E-state index contributed by atoms with van der Waals surface area (Å²) in [4.78, 5) is 25.4.